The van der Waals surface area contributed by atoms with Gasteiger partial charge in [-0.2, -0.15) is 9.42 Å². The van der Waals surface area contributed by atoms with E-state index in [1.54, 1.807) is 0 Å². The molecule has 2 saturated heterocycles. The SMILES string of the molecule is COC(=O)CCNC(=O)[C@@H]1O[P+](O)(NCC2CCCO2)OCC1(C)C. The van der Waals surface area contributed by atoms with E-state index < -0.39 is 31.5 Å². The predicted molar refractivity (Wildman–Crippen MR) is 90.4 cm³/mol. The molecule has 2 heterocycles. The van der Waals surface area contributed by atoms with Gasteiger partial charge >= 0.3 is 14.1 Å². The maximum atomic E-state index is 12.4. The highest BCUT2D eigenvalue weighted by Gasteiger charge is 2.57. The summed E-state index contributed by atoms with van der Waals surface area (Å²) >= 11 is 0. The Hall–Kier alpha value is -0.830. The van der Waals surface area contributed by atoms with E-state index in [-0.39, 0.29) is 25.7 Å². The highest BCUT2D eigenvalue weighted by atomic mass is 31.2. The van der Waals surface area contributed by atoms with Crippen molar-refractivity contribution >= 4 is 20.0 Å². The number of methoxy groups -OCH3 is 1. The van der Waals surface area contributed by atoms with Crippen molar-refractivity contribution in [3.63, 3.8) is 0 Å². The van der Waals surface area contributed by atoms with Crippen molar-refractivity contribution in [1.82, 2.24) is 10.4 Å². The third-order valence-electron chi connectivity index (χ3n) is 4.21. The highest BCUT2D eigenvalue weighted by Crippen LogP contribution is 2.59. The van der Waals surface area contributed by atoms with Crippen molar-refractivity contribution in [2.75, 3.05) is 33.4 Å². The summed E-state index contributed by atoms with van der Waals surface area (Å²) in [5, 5.41) is 5.53. The number of carbonyl (C=O) groups is 2. The van der Waals surface area contributed by atoms with Gasteiger partial charge in [0.2, 0.25) is 0 Å². The molecule has 144 valence electrons. The molecule has 0 saturated carbocycles. The lowest BCUT2D eigenvalue weighted by atomic mass is 9.87. The molecule has 2 aliphatic rings. The van der Waals surface area contributed by atoms with Crippen molar-refractivity contribution in [2.45, 2.75) is 45.3 Å². The van der Waals surface area contributed by atoms with Crippen molar-refractivity contribution in [3.8, 4) is 0 Å². The first-order chi connectivity index (χ1) is 11.8. The number of hydrogen-bond acceptors (Lipinski definition) is 8. The average molecular weight is 379 g/mol. The van der Waals surface area contributed by atoms with Gasteiger partial charge in [-0.15, -0.1) is 9.61 Å². The molecule has 0 spiro atoms. The zero-order valence-electron chi connectivity index (χ0n) is 14.9. The number of rotatable bonds is 7. The van der Waals surface area contributed by atoms with Crippen molar-refractivity contribution < 1.29 is 33.0 Å². The molecule has 10 heteroatoms. The Kier molecular flexibility index (Phi) is 7.13. The van der Waals surface area contributed by atoms with E-state index in [0.29, 0.717) is 13.2 Å². The van der Waals surface area contributed by atoms with Crippen LogP contribution in [0.2, 0.25) is 0 Å². The summed E-state index contributed by atoms with van der Waals surface area (Å²) in [6.45, 7) is 5.07. The zero-order chi connectivity index (χ0) is 18.5. The van der Waals surface area contributed by atoms with Crippen LogP contribution in [0, 0.1) is 5.41 Å². The summed E-state index contributed by atoms with van der Waals surface area (Å²) in [7, 11) is -2.05. The first-order valence-corrected chi connectivity index (χ1v) is 9.99. The fraction of sp³-hybridized carbons (Fsp3) is 0.867. The number of esters is 1. The van der Waals surface area contributed by atoms with E-state index in [1.807, 2.05) is 13.8 Å². The van der Waals surface area contributed by atoms with Gasteiger partial charge in [0.1, 0.15) is 6.61 Å². The molecule has 2 aliphatic heterocycles. The maximum absolute atomic E-state index is 12.4. The van der Waals surface area contributed by atoms with Crippen LogP contribution in [0.4, 0.5) is 0 Å². The van der Waals surface area contributed by atoms with E-state index >= 15 is 0 Å². The van der Waals surface area contributed by atoms with Gasteiger partial charge in [-0.1, -0.05) is 13.8 Å². The van der Waals surface area contributed by atoms with Crippen LogP contribution < -0.4 is 10.4 Å². The zero-order valence-corrected chi connectivity index (χ0v) is 15.8. The Morgan fingerprint density at radius 2 is 2.16 bits per heavy atom. The Morgan fingerprint density at radius 1 is 1.40 bits per heavy atom. The van der Waals surface area contributed by atoms with Crippen LogP contribution in [0.1, 0.15) is 33.1 Å². The molecule has 2 fully saturated rings. The van der Waals surface area contributed by atoms with Crippen LogP contribution in [0.3, 0.4) is 0 Å². The smallest absolute Gasteiger partial charge is 0.469 e. The Labute approximate surface area is 148 Å². The Morgan fingerprint density at radius 3 is 2.80 bits per heavy atom. The monoisotopic (exact) mass is 379 g/mol. The van der Waals surface area contributed by atoms with Gasteiger partial charge in [-0.25, -0.2) is 0 Å². The van der Waals surface area contributed by atoms with Crippen LogP contribution in [0.25, 0.3) is 0 Å². The van der Waals surface area contributed by atoms with Crippen LogP contribution in [-0.4, -0.2) is 62.4 Å². The molecule has 25 heavy (non-hydrogen) atoms. The van der Waals surface area contributed by atoms with E-state index in [2.05, 4.69) is 15.1 Å². The quantitative estimate of drug-likeness (QED) is 0.434. The fourth-order valence-electron chi connectivity index (χ4n) is 2.64. The second kappa shape index (κ2) is 8.70. The van der Waals surface area contributed by atoms with Gasteiger partial charge in [0, 0.05) is 18.6 Å². The second-order valence-electron chi connectivity index (χ2n) is 6.88. The number of carbonyl (C=O) groups excluding carboxylic acids is 2. The topological polar surface area (TPSA) is 115 Å². The molecule has 0 aliphatic carbocycles. The minimum Gasteiger partial charge on any atom is -0.469 e. The third-order valence-corrected chi connectivity index (χ3v) is 5.76. The molecule has 2 rings (SSSR count). The summed E-state index contributed by atoms with van der Waals surface area (Å²) in [6, 6.07) is 0. The fourth-order valence-corrected chi connectivity index (χ4v) is 4.47. The molecule has 1 amide bonds. The minimum absolute atomic E-state index is 0.0125. The lowest BCUT2D eigenvalue weighted by molar-refractivity contribution is -0.142. The van der Waals surface area contributed by atoms with Gasteiger partial charge in [-0.05, 0) is 12.8 Å². The lowest BCUT2D eigenvalue weighted by Crippen LogP contribution is -2.52. The van der Waals surface area contributed by atoms with Gasteiger partial charge in [0.25, 0.3) is 5.91 Å². The molecule has 0 radical (unpaired) electrons. The number of amides is 1. The number of hydrogen-bond donors (Lipinski definition) is 3. The number of ether oxygens (including phenoxy) is 2. The molecule has 0 aromatic carbocycles. The van der Waals surface area contributed by atoms with Crippen molar-refractivity contribution in [3.05, 3.63) is 0 Å². The largest absolute Gasteiger partial charge is 0.499 e. The molecule has 3 N–H and O–H groups in total. The van der Waals surface area contributed by atoms with Gasteiger partial charge in [-0.3, -0.25) is 9.59 Å². The standard InChI is InChI=1S/C15H27N2O7P/c1-15(2)10-23-25(20,17-9-11-5-4-8-22-11)24-13(15)14(19)16-7-6-12(18)21-3/h11,13,17,20H,4-10H2,1-3H3/p+1/t11?,13-,25?/m0/s1. The lowest BCUT2D eigenvalue weighted by Gasteiger charge is -2.37. The van der Waals surface area contributed by atoms with Gasteiger partial charge in [0.15, 0.2) is 6.10 Å². The average Bonchev–Trinajstić information content (AvgIpc) is 3.09. The van der Waals surface area contributed by atoms with Crippen molar-refractivity contribution in [2.24, 2.45) is 5.41 Å². The van der Waals surface area contributed by atoms with E-state index in [1.165, 1.54) is 7.11 Å². The molecule has 0 aromatic heterocycles. The summed E-state index contributed by atoms with van der Waals surface area (Å²) < 4.78 is 21.2. The van der Waals surface area contributed by atoms with Crippen LogP contribution in [-0.2, 0) is 28.1 Å². The predicted octanol–water partition coefficient (Wildman–Crippen LogP) is 0.546. The highest BCUT2D eigenvalue weighted by molar-refractivity contribution is 7.58. The molecular weight excluding hydrogens is 351 g/mol. The molecule has 2 unspecified atom stereocenters. The summed E-state index contributed by atoms with van der Waals surface area (Å²) in [6.07, 6.45) is 1.09. The summed E-state index contributed by atoms with van der Waals surface area (Å²) in [5.74, 6) is -0.802. The van der Waals surface area contributed by atoms with Gasteiger partial charge in [0.05, 0.1) is 26.2 Å². The molecule has 9 nitrogen and oxygen atoms in total. The first-order valence-electron chi connectivity index (χ1n) is 8.42. The normalized spacial score (nSPS) is 31.5. The van der Waals surface area contributed by atoms with Crippen molar-refractivity contribution in [1.29, 1.82) is 0 Å². The minimum atomic E-state index is -3.35. The van der Waals surface area contributed by atoms with E-state index in [0.717, 1.165) is 12.8 Å². The molecular formula is C15H28N2O7P+. The Balaban J connectivity index is 1.89. The van der Waals surface area contributed by atoms with Crippen LogP contribution >= 0.6 is 8.09 Å². The first kappa shape index (κ1) is 20.5. The van der Waals surface area contributed by atoms with Gasteiger partial charge < -0.3 is 14.8 Å². The Bertz CT molecular complexity index is 485. The summed E-state index contributed by atoms with van der Waals surface area (Å²) in [4.78, 5) is 34.2. The van der Waals surface area contributed by atoms with E-state index in [4.69, 9.17) is 13.8 Å². The van der Waals surface area contributed by atoms with E-state index in [9.17, 15) is 14.5 Å². The molecule has 3 atom stereocenters. The maximum Gasteiger partial charge on any atom is 0.499 e. The van der Waals surface area contributed by atoms with Crippen LogP contribution in [0.15, 0.2) is 0 Å². The molecule has 0 aromatic rings. The van der Waals surface area contributed by atoms with Crippen LogP contribution in [0.5, 0.6) is 0 Å². The summed E-state index contributed by atoms with van der Waals surface area (Å²) in [5.41, 5.74) is -0.618. The number of nitrogens with one attached hydrogen (secondary N) is 2. The third kappa shape index (κ3) is 5.84. The second-order valence-corrected chi connectivity index (χ2v) is 8.71. The molecule has 0 bridgehead atoms.